The second-order valence-corrected chi connectivity index (χ2v) is 7.65. The van der Waals surface area contributed by atoms with Crippen molar-refractivity contribution in [2.75, 3.05) is 52.9 Å². The van der Waals surface area contributed by atoms with Crippen LogP contribution in [0.3, 0.4) is 0 Å². The van der Waals surface area contributed by atoms with Crippen molar-refractivity contribution in [2.24, 2.45) is 11.8 Å². The van der Waals surface area contributed by atoms with Crippen LogP contribution >= 0.6 is 0 Å². The molecule has 0 aliphatic carbocycles. The molecule has 20 heavy (non-hydrogen) atoms. The van der Waals surface area contributed by atoms with Crippen LogP contribution < -0.4 is 0 Å². The number of rotatable bonds is 6. The molecule has 3 aliphatic heterocycles. The van der Waals surface area contributed by atoms with E-state index in [1.165, 1.54) is 77.9 Å². The van der Waals surface area contributed by atoms with E-state index >= 15 is 0 Å². The third-order valence-corrected chi connectivity index (χ3v) is 5.89. The second-order valence-electron chi connectivity index (χ2n) is 7.65. The zero-order valence-corrected chi connectivity index (χ0v) is 13.6. The molecule has 0 saturated carbocycles. The van der Waals surface area contributed by atoms with Gasteiger partial charge in [0.1, 0.15) is 0 Å². The number of hydrogen-bond acceptors (Lipinski definition) is 3. The van der Waals surface area contributed by atoms with Crippen LogP contribution in [0.2, 0.25) is 0 Å². The zero-order chi connectivity index (χ0) is 13.9. The Morgan fingerprint density at radius 1 is 0.900 bits per heavy atom. The average molecular weight is 279 g/mol. The molecule has 3 saturated heterocycles. The van der Waals surface area contributed by atoms with E-state index in [2.05, 4.69) is 28.7 Å². The predicted molar refractivity (Wildman–Crippen MR) is 85.0 cm³/mol. The molecule has 3 rings (SSSR count). The minimum Gasteiger partial charge on any atom is -0.306 e. The van der Waals surface area contributed by atoms with Crippen molar-refractivity contribution in [3.05, 3.63) is 0 Å². The Kier molecular flexibility index (Phi) is 5.00. The van der Waals surface area contributed by atoms with Crippen LogP contribution in [0.25, 0.3) is 0 Å². The first kappa shape index (κ1) is 14.8. The smallest absolute Gasteiger partial charge is 0.00674 e. The normalized spacial score (nSPS) is 33.9. The number of likely N-dealkylation sites (tertiary alicyclic amines) is 3. The summed E-state index contributed by atoms with van der Waals surface area (Å²) in [7, 11) is 2.26. The van der Waals surface area contributed by atoms with Crippen molar-refractivity contribution in [2.45, 2.75) is 45.1 Å². The average Bonchev–Trinajstić information content (AvgIpc) is 2.96. The van der Waals surface area contributed by atoms with Crippen LogP contribution in [0.15, 0.2) is 0 Å². The lowest BCUT2D eigenvalue weighted by Crippen LogP contribution is -2.48. The third-order valence-electron chi connectivity index (χ3n) is 5.89. The first-order valence-corrected chi connectivity index (χ1v) is 8.85. The van der Waals surface area contributed by atoms with E-state index in [0.717, 1.165) is 17.9 Å². The minimum absolute atomic E-state index is 0.852. The van der Waals surface area contributed by atoms with E-state index in [4.69, 9.17) is 0 Å². The number of hydrogen-bond donors (Lipinski definition) is 0. The molecule has 0 radical (unpaired) electrons. The van der Waals surface area contributed by atoms with Crippen LogP contribution in [-0.2, 0) is 0 Å². The Labute approximate surface area is 125 Å². The Balaban J connectivity index is 1.24. The first-order valence-electron chi connectivity index (χ1n) is 8.85. The van der Waals surface area contributed by atoms with Gasteiger partial charge in [0.05, 0.1) is 0 Å². The van der Waals surface area contributed by atoms with Gasteiger partial charge in [-0.3, -0.25) is 0 Å². The molecule has 0 bridgehead atoms. The Bertz CT molecular complexity index is 301. The largest absolute Gasteiger partial charge is 0.306 e. The van der Waals surface area contributed by atoms with Crippen molar-refractivity contribution in [1.29, 1.82) is 0 Å². The molecule has 3 aliphatic rings. The lowest BCUT2D eigenvalue weighted by molar-refractivity contribution is 0.0777. The molecule has 116 valence electrons. The first-order chi connectivity index (χ1) is 9.70. The molecule has 0 aromatic carbocycles. The van der Waals surface area contributed by atoms with E-state index in [9.17, 15) is 0 Å². The summed E-state index contributed by atoms with van der Waals surface area (Å²) in [6, 6.07) is 0.852. The maximum absolute atomic E-state index is 2.71. The molecule has 0 N–H and O–H groups in total. The molecule has 0 amide bonds. The van der Waals surface area contributed by atoms with Crippen molar-refractivity contribution < 1.29 is 0 Å². The monoisotopic (exact) mass is 279 g/mol. The predicted octanol–water partition coefficient (Wildman–Crippen LogP) is 2.13. The van der Waals surface area contributed by atoms with Gasteiger partial charge in [-0.2, -0.15) is 0 Å². The summed E-state index contributed by atoms with van der Waals surface area (Å²) in [5.74, 6) is 1.97. The van der Waals surface area contributed by atoms with Crippen LogP contribution in [0.5, 0.6) is 0 Å². The maximum Gasteiger partial charge on any atom is 0.00674 e. The summed E-state index contributed by atoms with van der Waals surface area (Å²) in [6.07, 6.45) is 7.15. The Morgan fingerprint density at radius 3 is 2.35 bits per heavy atom. The van der Waals surface area contributed by atoms with Gasteiger partial charge < -0.3 is 14.7 Å². The number of nitrogens with zero attached hydrogens (tertiary/aromatic N) is 3. The van der Waals surface area contributed by atoms with Gasteiger partial charge >= 0.3 is 0 Å². The molecule has 3 fully saturated rings. The lowest BCUT2D eigenvalue weighted by Gasteiger charge is -2.40. The summed E-state index contributed by atoms with van der Waals surface area (Å²) in [5.41, 5.74) is 0. The molecule has 0 spiro atoms. The Morgan fingerprint density at radius 2 is 1.70 bits per heavy atom. The fourth-order valence-electron chi connectivity index (χ4n) is 4.34. The quantitative estimate of drug-likeness (QED) is 0.737. The fraction of sp³-hybridized carbons (Fsp3) is 1.00. The van der Waals surface area contributed by atoms with Crippen molar-refractivity contribution in [1.82, 2.24) is 14.7 Å². The summed E-state index contributed by atoms with van der Waals surface area (Å²) in [4.78, 5) is 7.88. The summed E-state index contributed by atoms with van der Waals surface area (Å²) < 4.78 is 0. The molecule has 0 aromatic rings. The molecular formula is C17H33N3. The molecule has 3 heteroatoms. The van der Waals surface area contributed by atoms with Crippen LogP contribution in [-0.4, -0.2) is 73.6 Å². The molecule has 0 unspecified atom stereocenters. The highest BCUT2D eigenvalue weighted by Gasteiger charge is 2.29. The SMILES string of the molecule is C[C@@H]1CCCN1CCC1CN(CC[C@@H]2CCN(C)C2)C1. The highest BCUT2D eigenvalue weighted by Crippen LogP contribution is 2.25. The highest BCUT2D eigenvalue weighted by molar-refractivity contribution is 4.84. The van der Waals surface area contributed by atoms with Crippen LogP contribution in [0, 0.1) is 11.8 Å². The van der Waals surface area contributed by atoms with Gasteiger partial charge in [-0.1, -0.05) is 0 Å². The van der Waals surface area contributed by atoms with E-state index < -0.39 is 0 Å². The van der Waals surface area contributed by atoms with Gasteiger partial charge in [0.15, 0.2) is 0 Å². The third kappa shape index (κ3) is 3.75. The van der Waals surface area contributed by atoms with E-state index in [0.29, 0.717) is 0 Å². The van der Waals surface area contributed by atoms with Crippen molar-refractivity contribution in [3.63, 3.8) is 0 Å². The summed E-state index contributed by atoms with van der Waals surface area (Å²) in [6.45, 7) is 11.9. The van der Waals surface area contributed by atoms with Crippen LogP contribution in [0.4, 0.5) is 0 Å². The molecule has 3 heterocycles. The van der Waals surface area contributed by atoms with Crippen molar-refractivity contribution >= 4 is 0 Å². The van der Waals surface area contributed by atoms with Gasteiger partial charge in [0, 0.05) is 25.7 Å². The summed E-state index contributed by atoms with van der Waals surface area (Å²) >= 11 is 0. The fourth-order valence-corrected chi connectivity index (χ4v) is 4.34. The van der Waals surface area contributed by atoms with Gasteiger partial charge in [-0.05, 0) is 84.1 Å². The van der Waals surface area contributed by atoms with Crippen LogP contribution in [0.1, 0.15) is 39.0 Å². The topological polar surface area (TPSA) is 9.72 Å². The van der Waals surface area contributed by atoms with Crippen molar-refractivity contribution in [3.8, 4) is 0 Å². The lowest BCUT2D eigenvalue weighted by atomic mass is 9.94. The van der Waals surface area contributed by atoms with Gasteiger partial charge in [0.2, 0.25) is 0 Å². The molecule has 2 atom stereocenters. The van der Waals surface area contributed by atoms with E-state index in [-0.39, 0.29) is 0 Å². The highest BCUT2D eigenvalue weighted by atomic mass is 15.2. The second kappa shape index (κ2) is 6.76. The zero-order valence-electron chi connectivity index (χ0n) is 13.6. The van der Waals surface area contributed by atoms with Gasteiger partial charge in [0.25, 0.3) is 0 Å². The maximum atomic E-state index is 2.71. The minimum atomic E-state index is 0.852. The van der Waals surface area contributed by atoms with E-state index in [1.807, 2.05) is 0 Å². The van der Waals surface area contributed by atoms with Gasteiger partial charge in [-0.25, -0.2) is 0 Å². The molecular weight excluding hydrogens is 246 g/mol. The van der Waals surface area contributed by atoms with Gasteiger partial charge in [-0.15, -0.1) is 0 Å². The molecule has 3 nitrogen and oxygen atoms in total. The van der Waals surface area contributed by atoms with E-state index in [1.54, 1.807) is 0 Å². The summed E-state index contributed by atoms with van der Waals surface area (Å²) in [5, 5.41) is 0. The standard InChI is InChI=1S/C17H33N3/c1-15-4-3-8-20(15)11-7-17-13-19(14-17)10-6-16-5-9-18(2)12-16/h15-17H,3-14H2,1-2H3/t15-,16+/m1/s1. The molecule has 0 aromatic heterocycles. The Hall–Kier alpha value is -0.120.